The minimum atomic E-state index is -0.340. The van der Waals surface area contributed by atoms with Crippen LogP contribution in [0.2, 0.25) is 0 Å². The number of hydrogen-bond acceptors (Lipinski definition) is 3. The highest BCUT2D eigenvalue weighted by atomic mass is 16.5. The van der Waals surface area contributed by atoms with Gasteiger partial charge in [0.2, 0.25) is 0 Å². The van der Waals surface area contributed by atoms with Crippen LogP contribution >= 0.6 is 0 Å². The molecule has 100 valence electrons. The third-order valence-corrected chi connectivity index (χ3v) is 3.75. The van der Waals surface area contributed by atoms with E-state index in [9.17, 15) is 10.0 Å². The first-order chi connectivity index (χ1) is 7.38. The summed E-state index contributed by atoms with van der Waals surface area (Å²) in [6.07, 6.45) is 1.45. The second-order valence-electron chi connectivity index (χ2n) is 7.66. The molecule has 0 aromatic carbocycles. The Kier molecular flexibility index (Phi) is 3.50. The number of hydroxylamine groups is 2. The Morgan fingerprint density at radius 1 is 1.12 bits per heavy atom. The molecule has 3 heteroatoms. The number of rotatable bonds is 1. The van der Waals surface area contributed by atoms with Gasteiger partial charge in [0.1, 0.15) is 5.78 Å². The fourth-order valence-electron chi connectivity index (χ4n) is 3.07. The summed E-state index contributed by atoms with van der Waals surface area (Å²) in [4.78, 5) is 12.4. The van der Waals surface area contributed by atoms with Crippen molar-refractivity contribution in [3.63, 3.8) is 0 Å². The highest BCUT2D eigenvalue weighted by Crippen LogP contribution is 2.42. The highest BCUT2D eigenvalue weighted by molar-refractivity contribution is 5.86. The van der Waals surface area contributed by atoms with Crippen LogP contribution in [0.5, 0.6) is 0 Å². The summed E-state index contributed by atoms with van der Waals surface area (Å²) in [5.41, 5.74) is -0.977. The molecule has 1 aliphatic rings. The average Bonchev–Trinajstić information content (AvgIpc) is 2.10. The van der Waals surface area contributed by atoms with E-state index in [1.54, 1.807) is 0 Å². The highest BCUT2D eigenvalue weighted by Gasteiger charge is 2.48. The number of ketones is 1. The van der Waals surface area contributed by atoms with Gasteiger partial charge in [-0.3, -0.25) is 4.79 Å². The second kappa shape index (κ2) is 4.06. The van der Waals surface area contributed by atoms with E-state index in [0.29, 0.717) is 5.78 Å². The lowest BCUT2D eigenvalue weighted by Crippen LogP contribution is -2.60. The summed E-state index contributed by atoms with van der Waals surface area (Å²) in [5, 5.41) is 11.6. The van der Waals surface area contributed by atoms with E-state index in [1.165, 1.54) is 5.06 Å². The zero-order chi connectivity index (χ0) is 13.6. The van der Waals surface area contributed by atoms with Crippen molar-refractivity contribution in [3.05, 3.63) is 0 Å². The maximum absolute atomic E-state index is 12.4. The molecular formula is C14H27NO2. The van der Waals surface area contributed by atoms with E-state index in [1.807, 2.05) is 48.5 Å². The smallest absolute Gasteiger partial charge is 0.141 e. The number of hydrogen-bond donors (Lipinski definition) is 1. The van der Waals surface area contributed by atoms with Crippen molar-refractivity contribution in [2.45, 2.75) is 72.4 Å². The van der Waals surface area contributed by atoms with E-state index in [4.69, 9.17) is 0 Å². The number of piperidine rings is 1. The third kappa shape index (κ3) is 2.89. The van der Waals surface area contributed by atoms with Gasteiger partial charge in [-0.15, -0.1) is 0 Å². The predicted molar refractivity (Wildman–Crippen MR) is 69.0 cm³/mol. The van der Waals surface area contributed by atoms with Gasteiger partial charge in [0.25, 0.3) is 0 Å². The van der Waals surface area contributed by atoms with Crippen LogP contribution in [0.3, 0.4) is 0 Å². The van der Waals surface area contributed by atoms with Gasteiger partial charge in [-0.1, -0.05) is 20.8 Å². The van der Waals surface area contributed by atoms with E-state index in [2.05, 4.69) is 0 Å². The summed E-state index contributed by atoms with van der Waals surface area (Å²) in [6, 6.07) is 0. The first-order valence-electron chi connectivity index (χ1n) is 6.41. The fourth-order valence-corrected chi connectivity index (χ4v) is 3.07. The first-order valence-corrected chi connectivity index (χ1v) is 6.41. The molecule has 0 bridgehead atoms. The van der Waals surface area contributed by atoms with Crippen LogP contribution in [0.4, 0.5) is 0 Å². The van der Waals surface area contributed by atoms with Crippen molar-refractivity contribution in [2.75, 3.05) is 0 Å². The van der Waals surface area contributed by atoms with Gasteiger partial charge in [0, 0.05) is 22.4 Å². The Morgan fingerprint density at radius 3 is 1.76 bits per heavy atom. The van der Waals surface area contributed by atoms with E-state index in [-0.39, 0.29) is 22.4 Å². The van der Waals surface area contributed by atoms with Crippen LogP contribution in [0.25, 0.3) is 0 Å². The summed E-state index contributed by atoms with van der Waals surface area (Å²) >= 11 is 0. The molecule has 3 nitrogen and oxygen atoms in total. The largest absolute Gasteiger partial charge is 0.313 e. The molecule has 1 saturated heterocycles. The van der Waals surface area contributed by atoms with Crippen LogP contribution in [0.15, 0.2) is 0 Å². The monoisotopic (exact) mass is 241 g/mol. The molecular weight excluding hydrogens is 214 g/mol. The summed E-state index contributed by atoms with van der Waals surface area (Å²) in [5.74, 6) is 0.357. The molecule has 17 heavy (non-hydrogen) atoms. The van der Waals surface area contributed by atoms with Gasteiger partial charge in [-0.2, -0.15) is 5.06 Å². The van der Waals surface area contributed by atoms with Gasteiger partial charge in [0.05, 0.1) is 0 Å². The van der Waals surface area contributed by atoms with Crippen molar-refractivity contribution in [1.29, 1.82) is 0 Å². The molecule has 1 rings (SSSR count). The van der Waals surface area contributed by atoms with Crippen molar-refractivity contribution >= 4 is 5.78 Å². The normalized spacial score (nSPS) is 25.9. The molecule has 0 saturated carbocycles. The Bertz CT molecular complexity index is 295. The molecule has 0 radical (unpaired) electrons. The zero-order valence-corrected chi connectivity index (χ0v) is 12.3. The first kappa shape index (κ1) is 14.7. The van der Waals surface area contributed by atoms with Crippen LogP contribution in [-0.2, 0) is 4.79 Å². The molecule has 1 heterocycles. The van der Waals surface area contributed by atoms with Gasteiger partial charge < -0.3 is 5.21 Å². The SMILES string of the molecule is CC(C)(C)C(=O)C1CC(C)(C)N(O)C(C)(C)C1. The lowest BCUT2D eigenvalue weighted by atomic mass is 9.69. The Morgan fingerprint density at radius 2 is 1.47 bits per heavy atom. The van der Waals surface area contributed by atoms with Crippen molar-refractivity contribution in [1.82, 2.24) is 5.06 Å². The molecule has 1 N–H and O–H groups in total. The minimum Gasteiger partial charge on any atom is -0.313 e. The van der Waals surface area contributed by atoms with Crippen LogP contribution in [0, 0.1) is 11.3 Å². The number of carbonyl (C=O) groups excluding carboxylic acids is 1. The van der Waals surface area contributed by atoms with Crippen molar-refractivity contribution < 1.29 is 10.0 Å². The standard InChI is InChI=1S/C14H27NO2/c1-12(2,3)11(16)10-8-13(4,5)15(17)14(6,7)9-10/h10,17H,8-9H2,1-7H3. The molecule has 0 aliphatic carbocycles. The Balaban J connectivity index is 2.97. The van der Waals surface area contributed by atoms with Crippen molar-refractivity contribution in [3.8, 4) is 0 Å². The molecule has 0 unspecified atom stereocenters. The molecule has 0 amide bonds. The van der Waals surface area contributed by atoms with Crippen LogP contribution in [0.1, 0.15) is 61.3 Å². The number of carbonyl (C=O) groups is 1. The zero-order valence-electron chi connectivity index (χ0n) is 12.3. The van der Waals surface area contributed by atoms with E-state index in [0.717, 1.165) is 12.8 Å². The van der Waals surface area contributed by atoms with Crippen LogP contribution in [-0.4, -0.2) is 27.1 Å². The lowest BCUT2D eigenvalue weighted by molar-refractivity contribution is -0.250. The van der Waals surface area contributed by atoms with Gasteiger partial charge in [-0.05, 0) is 40.5 Å². The topological polar surface area (TPSA) is 40.5 Å². The average molecular weight is 241 g/mol. The Labute approximate surface area is 105 Å². The molecule has 0 aromatic rings. The van der Waals surface area contributed by atoms with Gasteiger partial charge in [-0.25, -0.2) is 0 Å². The fraction of sp³-hybridized carbons (Fsp3) is 0.929. The van der Waals surface area contributed by atoms with Crippen LogP contribution < -0.4 is 0 Å². The maximum Gasteiger partial charge on any atom is 0.141 e. The molecule has 0 spiro atoms. The third-order valence-electron chi connectivity index (χ3n) is 3.75. The maximum atomic E-state index is 12.4. The quantitative estimate of drug-likeness (QED) is 0.766. The molecule has 0 atom stereocenters. The molecule has 1 aliphatic heterocycles. The molecule has 0 aromatic heterocycles. The molecule has 1 fully saturated rings. The van der Waals surface area contributed by atoms with Crippen molar-refractivity contribution in [2.24, 2.45) is 11.3 Å². The predicted octanol–water partition coefficient (Wildman–Crippen LogP) is 3.26. The lowest BCUT2D eigenvalue weighted by Gasteiger charge is -2.51. The summed E-state index contributed by atoms with van der Waals surface area (Å²) in [6.45, 7) is 13.9. The summed E-state index contributed by atoms with van der Waals surface area (Å²) < 4.78 is 0. The minimum absolute atomic E-state index is 0.0448. The van der Waals surface area contributed by atoms with E-state index < -0.39 is 0 Å². The van der Waals surface area contributed by atoms with Gasteiger partial charge in [0.15, 0.2) is 0 Å². The number of nitrogens with zero attached hydrogens (tertiary/aromatic N) is 1. The number of Topliss-reactive ketones (excluding diaryl/α,β-unsaturated/α-hetero) is 1. The van der Waals surface area contributed by atoms with E-state index >= 15 is 0 Å². The summed E-state index contributed by atoms with van der Waals surface area (Å²) in [7, 11) is 0. The van der Waals surface area contributed by atoms with Gasteiger partial charge >= 0.3 is 0 Å². The second-order valence-corrected chi connectivity index (χ2v) is 7.66. The Hall–Kier alpha value is -0.410.